The van der Waals surface area contributed by atoms with E-state index in [0.29, 0.717) is 12.1 Å². The molecular formula is C11H9Br2F6N. The quantitative estimate of drug-likeness (QED) is 0.394. The van der Waals surface area contributed by atoms with Gasteiger partial charge >= 0.3 is 16.7 Å². The van der Waals surface area contributed by atoms with Gasteiger partial charge in [0.1, 0.15) is 0 Å². The molecule has 0 aliphatic carbocycles. The molecule has 0 amide bonds. The number of anilines is 1. The second-order valence-corrected chi connectivity index (χ2v) is 5.89. The largest absolute Gasteiger partial charge is 0.433 e. The highest BCUT2D eigenvalue weighted by atomic mass is 79.9. The Morgan fingerprint density at radius 2 is 1.60 bits per heavy atom. The predicted octanol–water partition coefficient (Wildman–Crippen LogP) is 5.31. The van der Waals surface area contributed by atoms with Crippen LogP contribution in [-0.4, -0.2) is 11.0 Å². The third-order valence-electron chi connectivity index (χ3n) is 2.78. The molecule has 1 rings (SSSR count). The van der Waals surface area contributed by atoms with Crippen LogP contribution in [0.15, 0.2) is 16.6 Å². The lowest BCUT2D eigenvalue weighted by Gasteiger charge is -2.32. The maximum Gasteiger partial charge on any atom is 0.433 e. The van der Waals surface area contributed by atoms with Crippen LogP contribution in [0.3, 0.4) is 0 Å². The van der Waals surface area contributed by atoms with Gasteiger partial charge in [0.25, 0.3) is 0 Å². The second kappa shape index (κ2) is 5.40. The Morgan fingerprint density at radius 1 is 1.10 bits per heavy atom. The van der Waals surface area contributed by atoms with Crippen molar-refractivity contribution in [2.45, 2.75) is 30.0 Å². The van der Waals surface area contributed by atoms with E-state index in [2.05, 4.69) is 15.9 Å². The van der Waals surface area contributed by atoms with Gasteiger partial charge in [-0.15, -0.1) is 0 Å². The topological polar surface area (TPSA) is 26.0 Å². The van der Waals surface area contributed by atoms with Crippen molar-refractivity contribution in [3.05, 3.63) is 27.7 Å². The molecule has 0 aliphatic rings. The summed E-state index contributed by atoms with van der Waals surface area (Å²) in [6, 6.07) is 1.31. The number of hydrogen-bond acceptors (Lipinski definition) is 1. The number of hydrogen-bond donors (Lipinski definition) is 1. The van der Waals surface area contributed by atoms with E-state index in [-0.39, 0.29) is 22.1 Å². The summed E-state index contributed by atoms with van der Waals surface area (Å²) in [6.45, 7) is 1.56. The summed E-state index contributed by atoms with van der Waals surface area (Å²) in [5, 5.41) is 0. The Bertz CT molecular complexity index is 495. The van der Waals surface area contributed by atoms with Crippen LogP contribution in [0.4, 0.5) is 32.0 Å². The van der Waals surface area contributed by atoms with Gasteiger partial charge < -0.3 is 5.73 Å². The van der Waals surface area contributed by atoms with Gasteiger partial charge in [0, 0.05) is 15.7 Å². The minimum absolute atomic E-state index is 0.0742. The Labute approximate surface area is 127 Å². The highest BCUT2D eigenvalue weighted by Crippen LogP contribution is 2.55. The highest BCUT2D eigenvalue weighted by Gasteiger charge is 2.71. The molecule has 1 nitrogen and oxygen atoms in total. The van der Waals surface area contributed by atoms with Crippen LogP contribution in [0.1, 0.15) is 18.1 Å². The fourth-order valence-electron chi connectivity index (χ4n) is 1.65. The summed E-state index contributed by atoms with van der Waals surface area (Å²) in [6.07, 6.45) is -5.64. The van der Waals surface area contributed by atoms with Crippen molar-refractivity contribution in [2.75, 3.05) is 5.73 Å². The van der Waals surface area contributed by atoms with Crippen LogP contribution in [0, 0.1) is 0 Å². The maximum absolute atomic E-state index is 14.2. The Balaban J connectivity index is 3.65. The molecule has 1 aromatic rings. The van der Waals surface area contributed by atoms with Crippen molar-refractivity contribution in [2.24, 2.45) is 0 Å². The van der Waals surface area contributed by atoms with Gasteiger partial charge in [-0.25, -0.2) is 4.39 Å². The lowest BCUT2D eigenvalue weighted by Crippen LogP contribution is -2.49. The number of halogens is 8. The van der Waals surface area contributed by atoms with Gasteiger partial charge in [0.05, 0.1) is 0 Å². The van der Waals surface area contributed by atoms with E-state index in [4.69, 9.17) is 5.73 Å². The van der Waals surface area contributed by atoms with Gasteiger partial charge in [-0.2, -0.15) is 22.0 Å². The van der Waals surface area contributed by atoms with Crippen LogP contribution >= 0.6 is 31.9 Å². The van der Waals surface area contributed by atoms with Crippen molar-refractivity contribution < 1.29 is 26.3 Å². The predicted molar refractivity (Wildman–Crippen MR) is 70.6 cm³/mol. The Morgan fingerprint density at radius 3 is 1.95 bits per heavy atom. The van der Waals surface area contributed by atoms with Crippen molar-refractivity contribution in [3.8, 4) is 0 Å². The van der Waals surface area contributed by atoms with Gasteiger partial charge in [-0.05, 0) is 56.0 Å². The SMILES string of the molecule is CCc1cc(C(F)(C(F)(F)F)C(F)(F)Br)cc(Br)c1N. The molecule has 0 fully saturated rings. The zero-order chi connectivity index (χ0) is 15.9. The lowest BCUT2D eigenvalue weighted by atomic mass is 9.92. The lowest BCUT2D eigenvalue weighted by molar-refractivity contribution is -0.282. The van der Waals surface area contributed by atoms with Gasteiger partial charge in [0.2, 0.25) is 0 Å². The van der Waals surface area contributed by atoms with Crippen LogP contribution in [0.5, 0.6) is 0 Å². The molecule has 0 heterocycles. The fraction of sp³-hybridized carbons (Fsp3) is 0.455. The molecule has 1 atom stereocenters. The van der Waals surface area contributed by atoms with Gasteiger partial charge in [0.15, 0.2) is 0 Å². The summed E-state index contributed by atoms with van der Waals surface area (Å²) in [5.41, 5.74) is -0.287. The normalized spacial score (nSPS) is 16.1. The first-order valence-electron chi connectivity index (χ1n) is 5.27. The monoisotopic (exact) mass is 427 g/mol. The average molecular weight is 429 g/mol. The molecule has 0 radical (unpaired) electrons. The number of aryl methyl sites for hydroxylation is 1. The van der Waals surface area contributed by atoms with Crippen molar-refractivity contribution >= 4 is 37.5 Å². The summed E-state index contributed by atoms with van der Waals surface area (Å²) in [5.74, 6) is 0. The minimum atomic E-state index is -5.80. The molecule has 0 saturated carbocycles. The molecule has 20 heavy (non-hydrogen) atoms. The smallest absolute Gasteiger partial charge is 0.398 e. The Kier molecular flexibility index (Phi) is 4.75. The van der Waals surface area contributed by atoms with Crippen LogP contribution in [0.25, 0.3) is 0 Å². The zero-order valence-electron chi connectivity index (χ0n) is 9.96. The van der Waals surface area contributed by atoms with Crippen LogP contribution < -0.4 is 5.73 Å². The number of rotatable bonds is 3. The molecule has 9 heteroatoms. The zero-order valence-corrected chi connectivity index (χ0v) is 13.1. The van der Waals surface area contributed by atoms with E-state index >= 15 is 0 Å². The van der Waals surface area contributed by atoms with Gasteiger partial charge in [-0.3, -0.25) is 0 Å². The first kappa shape index (κ1) is 17.6. The molecule has 0 aromatic heterocycles. The van der Waals surface area contributed by atoms with Crippen molar-refractivity contribution in [1.29, 1.82) is 0 Å². The van der Waals surface area contributed by atoms with Crippen LogP contribution in [0.2, 0.25) is 0 Å². The highest BCUT2D eigenvalue weighted by molar-refractivity contribution is 9.10. The van der Waals surface area contributed by atoms with E-state index < -0.39 is 22.2 Å². The minimum Gasteiger partial charge on any atom is -0.398 e. The molecule has 0 aliphatic heterocycles. The van der Waals surface area contributed by atoms with Crippen molar-refractivity contribution in [3.63, 3.8) is 0 Å². The van der Waals surface area contributed by atoms with E-state index in [1.807, 2.05) is 0 Å². The average Bonchev–Trinajstić information content (AvgIpc) is 2.28. The molecule has 0 spiro atoms. The molecule has 0 bridgehead atoms. The standard InChI is InChI=1S/C11H9Br2F6N/c1-2-5-3-6(4-7(12)8(5)20)9(14,10(13,15)16)11(17,18)19/h3-4H,2,20H2,1H3. The number of benzene rings is 1. The molecule has 0 saturated heterocycles. The molecule has 2 N–H and O–H groups in total. The third kappa shape index (κ3) is 2.79. The number of alkyl halides is 7. The second-order valence-electron chi connectivity index (χ2n) is 4.04. The first-order valence-corrected chi connectivity index (χ1v) is 6.85. The molecule has 1 unspecified atom stereocenters. The van der Waals surface area contributed by atoms with E-state index in [1.165, 1.54) is 15.9 Å². The summed E-state index contributed by atoms with van der Waals surface area (Å²) in [7, 11) is 0. The van der Waals surface area contributed by atoms with Gasteiger partial charge in [-0.1, -0.05) is 6.92 Å². The molecule has 1 aromatic carbocycles. The first-order chi connectivity index (χ1) is 8.86. The molecular weight excluding hydrogens is 420 g/mol. The van der Waals surface area contributed by atoms with Crippen molar-refractivity contribution in [1.82, 2.24) is 0 Å². The van der Waals surface area contributed by atoms with Crippen LogP contribution in [-0.2, 0) is 12.1 Å². The number of nitrogens with two attached hydrogens (primary N) is 1. The summed E-state index contributed by atoms with van der Waals surface area (Å²) in [4.78, 5) is -4.82. The Hall–Kier alpha value is -0.440. The number of nitrogen functional groups attached to an aromatic ring is 1. The summed E-state index contributed by atoms with van der Waals surface area (Å²) >= 11 is 4.33. The third-order valence-corrected chi connectivity index (χ3v) is 3.98. The fourth-order valence-corrected chi connectivity index (χ4v) is 2.61. The van der Waals surface area contributed by atoms with E-state index in [0.717, 1.165) is 0 Å². The van der Waals surface area contributed by atoms with E-state index in [1.54, 1.807) is 6.92 Å². The van der Waals surface area contributed by atoms with E-state index in [9.17, 15) is 26.3 Å². The molecule has 114 valence electrons. The summed E-state index contributed by atoms with van der Waals surface area (Å²) < 4.78 is 79.0. The maximum atomic E-state index is 14.2.